The molecule has 90 valence electrons. The third kappa shape index (κ3) is 2.94. The van der Waals surface area contributed by atoms with E-state index in [9.17, 15) is 0 Å². The lowest BCUT2D eigenvalue weighted by Crippen LogP contribution is -2.18. The van der Waals surface area contributed by atoms with Gasteiger partial charge in [0.25, 0.3) is 0 Å². The minimum Gasteiger partial charge on any atom is -0.354 e. The van der Waals surface area contributed by atoms with Gasteiger partial charge in [0.1, 0.15) is 11.8 Å². The van der Waals surface area contributed by atoms with Crippen LogP contribution in [0.15, 0.2) is 6.07 Å². The molecule has 2 rings (SSSR count). The second-order valence-corrected chi connectivity index (χ2v) is 4.88. The summed E-state index contributed by atoms with van der Waals surface area (Å²) in [6.45, 7) is 5.10. The minimum atomic E-state index is 0.430. The van der Waals surface area contributed by atoms with Gasteiger partial charge in [-0.25, -0.2) is 9.97 Å². The van der Waals surface area contributed by atoms with E-state index in [1.165, 1.54) is 19.3 Å². The van der Waals surface area contributed by atoms with Gasteiger partial charge in [-0.3, -0.25) is 0 Å². The number of aromatic nitrogens is 2. The highest BCUT2D eigenvalue weighted by molar-refractivity contribution is 5.32. The second kappa shape index (κ2) is 5.13. The topological polar surface area (TPSA) is 61.6 Å². The largest absolute Gasteiger partial charge is 0.354 e. The molecule has 1 aromatic heterocycles. The Morgan fingerprint density at radius 2 is 2.29 bits per heavy atom. The molecule has 0 saturated heterocycles. The third-order valence-corrected chi connectivity index (χ3v) is 3.53. The van der Waals surface area contributed by atoms with Crippen molar-refractivity contribution in [3.05, 3.63) is 17.5 Å². The number of aryl methyl sites for hydroxylation is 1. The Balaban J connectivity index is 1.99. The van der Waals surface area contributed by atoms with E-state index in [0.717, 1.165) is 18.2 Å². The molecule has 1 aliphatic rings. The van der Waals surface area contributed by atoms with Crippen molar-refractivity contribution in [2.24, 2.45) is 11.8 Å². The molecule has 1 saturated carbocycles. The molecule has 2 atom stereocenters. The van der Waals surface area contributed by atoms with Crippen molar-refractivity contribution in [3.8, 4) is 6.07 Å². The average molecular weight is 230 g/mol. The van der Waals surface area contributed by atoms with Crippen LogP contribution in [-0.4, -0.2) is 16.5 Å². The molecule has 0 spiro atoms. The van der Waals surface area contributed by atoms with E-state index in [1.54, 1.807) is 6.07 Å². The fraction of sp³-hybridized carbons (Fsp3) is 0.615. The van der Waals surface area contributed by atoms with Crippen LogP contribution in [0.3, 0.4) is 0 Å². The molecule has 1 aromatic rings. The summed E-state index contributed by atoms with van der Waals surface area (Å²) >= 11 is 0. The van der Waals surface area contributed by atoms with Gasteiger partial charge in [-0.05, 0) is 31.2 Å². The maximum absolute atomic E-state index is 8.84. The lowest BCUT2D eigenvalue weighted by Gasteiger charge is -2.15. The Kier molecular flexibility index (Phi) is 3.58. The number of anilines is 1. The van der Waals surface area contributed by atoms with E-state index in [2.05, 4.69) is 28.3 Å². The predicted molar refractivity (Wildman–Crippen MR) is 66.5 cm³/mol. The summed E-state index contributed by atoms with van der Waals surface area (Å²) in [4.78, 5) is 8.45. The van der Waals surface area contributed by atoms with E-state index in [-0.39, 0.29) is 0 Å². The van der Waals surface area contributed by atoms with Gasteiger partial charge < -0.3 is 5.32 Å². The van der Waals surface area contributed by atoms with Crippen molar-refractivity contribution in [1.82, 2.24) is 9.97 Å². The Hall–Kier alpha value is -1.63. The maximum Gasteiger partial charge on any atom is 0.224 e. The van der Waals surface area contributed by atoms with E-state index in [0.29, 0.717) is 17.6 Å². The minimum absolute atomic E-state index is 0.430. The standard InChI is InChI=1S/C13H18N4/c1-9-4-3-5-11(9)8-15-13-16-10(2)6-12(7-14)17-13/h6,9,11H,3-5,8H2,1-2H3,(H,15,16,17). The quantitative estimate of drug-likeness (QED) is 0.866. The zero-order valence-corrected chi connectivity index (χ0v) is 10.4. The summed E-state index contributed by atoms with van der Waals surface area (Å²) in [6.07, 6.45) is 3.93. The number of hydrogen-bond acceptors (Lipinski definition) is 4. The van der Waals surface area contributed by atoms with Crippen LogP contribution < -0.4 is 5.32 Å². The van der Waals surface area contributed by atoms with E-state index in [1.807, 2.05) is 6.92 Å². The summed E-state index contributed by atoms with van der Waals surface area (Å²) in [5, 5.41) is 12.1. The van der Waals surface area contributed by atoms with Gasteiger partial charge in [-0.15, -0.1) is 0 Å². The van der Waals surface area contributed by atoms with E-state index in [4.69, 9.17) is 5.26 Å². The highest BCUT2D eigenvalue weighted by Gasteiger charge is 2.23. The van der Waals surface area contributed by atoms with Gasteiger partial charge in [0.05, 0.1) is 0 Å². The highest BCUT2D eigenvalue weighted by atomic mass is 15.1. The van der Waals surface area contributed by atoms with Crippen LogP contribution in [0, 0.1) is 30.1 Å². The molecular formula is C13H18N4. The highest BCUT2D eigenvalue weighted by Crippen LogP contribution is 2.30. The molecule has 0 aliphatic heterocycles. The Bertz CT molecular complexity index is 436. The number of nitrogens with one attached hydrogen (secondary N) is 1. The van der Waals surface area contributed by atoms with Gasteiger partial charge in [-0.2, -0.15) is 5.26 Å². The monoisotopic (exact) mass is 230 g/mol. The Morgan fingerprint density at radius 3 is 2.94 bits per heavy atom. The van der Waals surface area contributed by atoms with Crippen LogP contribution in [0.1, 0.15) is 37.6 Å². The Labute approximate surface area is 102 Å². The van der Waals surface area contributed by atoms with Crippen LogP contribution >= 0.6 is 0 Å². The zero-order chi connectivity index (χ0) is 12.3. The van der Waals surface area contributed by atoms with Crippen LogP contribution in [0.4, 0.5) is 5.95 Å². The van der Waals surface area contributed by atoms with Gasteiger partial charge >= 0.3 is 0 Å². The molecule has 0 bridgehead atoms. The molecule has 2 unspecified atom stereocenters. The second-order valence-electron chi connectivity index (χ2n) is 4.88. The molecule has 0 radical (unpaired) electrons. The summed E-state index contributed by atoms with van der Waals surface area (Å²) in [7, 11) is 0. The molecule has 0 aromatic carbocycles. The van der Waals surface area contributed by atoms with Crippen molar-refractivity contribution < 1.29 is 0 Å². The number of hydrogen-bond donors (Lipinski definition) is 1. The average Bonchev–Trinajstić information content (AvgIpc) is 2.71. The van der Waals surface area contributed by atoms with E-state index < -0.39 is 0 Å². The van der Waals surface area contributed by atoms with Gasteiger partial charge in [0.2, 0.25) is 5.95 Å². The molecule has 4 nitrogen and oxygen atoms in total. The third-order valence-electron chi connectivity index (χ3n) is 3.53. The lowest BCUT2D eigenvalue weighted by atomic mass is 9.98. The first-order valence-corrected chi connectivity index (χ1v) is 6.18. The summed E-state index contributed by atoms with van der Waals surface area (Å²) < 4.78 is 0. The van der Waals surface area contributed by atoms with Crippen molar-refractivity contribution >= 4 is 5.95 Å². The zero-order valence-electron chi connectivity index (χ0n) is 10.4. The molecule has 1 aliphatic carbocycles. The molecule has 1 heterocycles. The fourth-order valence-corrected chi connectivity index (χ4v) is 2.45. The van der Waals surface area contributed by atoms with Gasteiger partial charge in [0, 0.05) is 12.2 Å². The van der Waals surface area contributed by atoms with Crippen molar-refractivity contribution in [2.75, 3.05) is 11.9 Å². The summed E-state index contributed by atoms with van der Waals surface area (Å²) in [5.74, 6) is 2.08. The van der Waals surface area contributed by atoms with Gasteiger partial charge in [0.15, 0.2) is 0 Å². The van der Waals surface area contributed by atoms with E-state index >= 15 is 0 Å². The normalized spacial score (nSPS) is 23.4. The smallest absolute Gasteiger partial charge is 0.224 e. The van der Waals surface area contributed by atoms with Crippen LogP contribution in [0.2, 0.25) is 0 Å². The van der Waals surface area contributed by atoms with Crippen molar-refractivity contribution in [3.63, 3.8) is 0 Å². The molecular weight excluding hydrogens is 212 g/mol. The molecule has 4 heteroatoms. The first kappa shape index (κ1) is 11.8. The summed E-state index contributed by atoms with van der Waals surface area (Å²) in [5.41, 5.74) is 1.26. The number of rotatable bonds is 3. The van der Waals surface area contributed by atoms with Crippen molar-refractivity contribution in [1.29, 1.82) is 5.26 Å². The first-order valence-electron chi connectivity index (χ1n) is 6.18. The lowest BCUT2D eigenvalue weighted by molar-refractivity contribution is 0.439. The van der Waals surface area contributed by atoms with Crippen LogP contribution in [0.5, 0.6) is 0 Å². The molecule has 1 fully saturated rings. The number of nitriles is 1. The SMILES string of the molecule is Cc1cc(C#N)nc(NCC2CCCC2C)n1. The summed E-state index contributed by atoms with van der Waals surface area (Å²) in [6, 6.07) is 3.75. The molecule has 0 amide bonds. The molecule has 1 N–H and O–H groups in total. The van der Waals surface area contributed by atoms with Crippen LogP contribution in [0.25, 0.3) is 0 Å². The first-order chi connectivity index (χ1) is 8.19. The number of nitrogens with zero attached hydrogens (tertiary/aromatic N) is 3. The predicted octanol–water partition coefficient (Wildman–Crippen LogP) is 2.50. The van der Waals surface area contributed by atoms with Crippen molar-refractivity contribution in [2.45, 2.75) is 33.1 Å². The maximum atomic E-state index is 8.84. The molecule has 17 heavy (non-hydrogen) atoms. The van der Waals surface area contributed by atoms with Crippen LogP contribution in [-0.2, 0) is 0 Å². The fourth-order valence-electron chi connectivity index (χ4n) is 2.45. The Morgan fingerprint density at radius 1 is 1.47 bits per heavy atom. The van der Waals surface area contributed by atoms with Gasteiger partial charge in [-0.1, -0.05) is 19.8 Å².